The first-order valence-electron chi connectivity index (χ1n) is 6.33. The van der Waals surface area contributed by atoms with Crippen LogP contribution in [0.3, 0.4) is 0 Å². The summed E-state index contributed by atoms with van der Waals surface area (Å²) in [6.07, 6.45) is 1.78. The number of thiazole rings is 1. The van der Waals surface area contributed by atoms with Crippen molar-refractivity contribution in [3.63, 3.8) is 0 Å². The topological polar surface area (TPSA) is 53.3 Å². The number of H-pyrrole nitrogens is 1. The van der Waals surface area contributed by atoms with E-state index in [9.17, 15) is 4.79 Å². The second-order valence-electron chi connectivity index (χ2n) is 4.17. The molecule has 0 atom stereocenters. The van der Waals surface area contributed by atoms with Crippen molar-refractivity contribution in [3.8, 4) is 10.7 Å². The smallest absolute Gasteiger partial charge is 0.345 e. The molecule has 4 nitrogen and oxygen atoms in total. The Morgan fingerprint density at radius 3 is 2.86 bits per heavy atom. The molecule has 0 saturated heterocycles. The van der Waals surface area contributed by atoms with E-state index in [1.165, 1.54) is 0 Å². The van der Waals surface area contributed by atoms with E-state index in [0.717, 1.165) is 15.2 Å². The monoisotopic (exact) mass is 320 g/mol. The van der Waals surface area contributed by atoms with Gasteiger partial charge in [-0.3, -0.25) is 0 Å². The van der Waals surface area contributed by atoms with E-state index in [2.05, 4.69) is 9.97 Å². The third kappa shape index (κ3) is 3.04. The molecule has 0 aliphatic carbocycles. The van der Waals surface area contributed by atoms with Gasteiger partial charge in [-0.1, -0.05) is 12.1 Å². The third-order valence-corrected chi connectivity index (χ3v) is 3.91. The lowest BCUT2D eigenvalue weighted by Crippen LogP contribution is -3.00. The van der Waals surface area contributed by atoms with Crippen LogP contribution in [0.25, 0.3) is 20.9 Å². The number of para-hydroxylation sites is 1. The van der Waals surface area contributed by atoms with Gasteiger partial charge in [-0.25, -0.2) is 14.8 Å². The molecule has 6 heteroatoms. The average molecular weight is 321 g/mol. The van der Waals surface area contributed by atoms with Crippen LogP contribution >= 0.6 is 11.3 Å². The zero-order valence-electron chi connectivity index (χ0n) is 11.3. The van der Waals surface area contributed by atoms with Gasteiger partial charge in [0.2, 0.25) is 0 Å². The number of aromatic amines is 1. The van der Waals surface area contributed by atoms with Crippen molar-refractivity contribution in [1.29, 1.82) is 0 Å². The van der Waals surface area contributed by atoms with E-state index in [4.69, 9.17) is 4.74 Å². The van der Waals surface area contributed by atoms with Crippen molar-refractivity contribution in [2.75, 3.05) is 6.61 Å². The molecule has 3 rings (SSSR count). The number of hydrogen-bond donors (Lipinski definition) is 0. The Morgan fingerprint density at radius 1 is 1.29 bits per heavy atom. The van der Waals surface area contributed by atoms with E-state index in [0.29, 0.717) is 17.9 Å². The molecule has 1 aromatic carbocycles. The van der Waals surface area contributed by atoms with Gasteiger partial charge in [0.1, 0.15) is 5.56 Å². The molecule has 0 aliphatic rings. The molecule has 2 aromatic heterocycles. The van der Waals surface area contributed by atoms with Crippen molar-refractivity contribution >= 4 is 27.5 Å². The molecule has 1 N–H and O–H groups in total. The average Bonchev–Trinajstić information content (AvgIpc) is 2.91. The number of pyridine rings is 1. The summed E-state index contributed by atoms with van der Waals surface area (Å²) in [6.45, 7) is 2.15. The largest absolute Gasteiger partial charge is 1.00 e. The van der Waals surface area contributed by atoms with Crippen molar-refractivity contribution < 1.29 is 26.9 Å². The van der Waals surface area contributed by atoms with Crippen molar-refractivity contribution in [3.05, 3.63) is 48.2 Å². The maximum atomic E-state index is 12.0. The summed E-state index contributed by atoms with van der Waals surface area (Å²) in [5.74, 6) is -0.335. The highest BCUT2D eigenvalue weighted by molar-refractivity contribution is 7.21. The van der Waals surface area contributed by atoms with Gasteiger partial charge in [0.15, 0.2) is 11.2 Å². The number of aromatic nitrogens is 2. The first kappa shape index (κ1) is 15.4. The fourth-order valence-electron chi connectivity index (χ4n) is 1.97. The Balaban J connectivity index is 0.00000161. The Labute approximate surface area is 132 Å². The highest BCUT2D eigenvalue weighted by atomic mass is 35.5. The molecule has 0 aliphatic heterocycles. The highest BCUT2D eigenvalue weighted by Gasteiger charge is 2.22. The maximum Gasteiger partial charge on any atom is 0.345 e. The number of carbonyl (C=O) groups excluding carboxylic acids is 1. The third-order valence-electron chi connectivity index (χ3n) is 2.86. The second-order valence-corrected chi connectivity index (χ2v) is 5.20. The number of benzene rings is 1. The molecule has 0 amide bonds. The summed E-state index contributed by atoms with van der Waals surface area (Å²) in [5, 5.41) is 0.787. The summed E-state index contributed by atoms with van der Waals surface area (Å²) in [7, 11) is 0. The molecule has 3 aromatic rings. The predicted molar refractivity (Wildman–Crippen MR) is 77.6 cm³/mol. The molecule has 0 fully saturated rings. The second kappa shape index (κ2) is 6.65. The molecule has 0 saturated carbocycles. The van der Waals surface area contributed by atoms with Crippen LogP contribution in [-0.2, 0) is 4.74 Å². The Hall–Kier alpha value is -1.98. The summed E-state index contributed by atoms with van der Waals surface area (Å²) in [6, 6.07) is 11.4. The molecule has 21 heavy (non-hydrogen) atoms. The lowest BCUT2D eigenvalue weighted by Gasteiger charge is -2.01. The summed E-state index contributed by atoms with van der Waals surface area (Å²) >= 11 is 1.55. The van der Waals surface area contributed by atoms with Crippen LogP contribution < -0.4 is 17.4 Å². The molecular formula is C15H13ClN2O2S. The first-order valence-corrected chi connectivity index (χ1v) is 7.15. The van der Waals surface area contributed by atoms with Crippen LogP contribution in [0.15, 0.2) is 42.6 Å². The number of rotatable bonds is 3. The van der Waals surface area contributed by atoms with Crippen molar-refractivity contribution in [2.24, 2.45) is 0 Å². The zero-order valence-corrected chi connectivity index (χ0v) is 12.9. The Morgan fingerprint density at radius 2 is 2.10 bits per heavy atom. The lowest BCUT2D eigenvalue weighted by atomic mass is 10.2. The summed E-state index contributed by atoms with van der Waals surface area (Å²) in [5.41, 5.74) is 2.14. The minimum Gasteiger partial charge on any atom is -1.00 e. The van der Waals surface area contributed by atoms with Crippen LogP contribution in [0.5, 0.6) is 0 Å². The van der Waals surface area contributed by atoms with E-state index < -0.39 is 0 Å². The fourth-order valence-corrected chi connectivity index (χ4v) is 2.96. The summed E-state index contributed by atoms with van der Waals surface area (Å²) in [4.78, 5) is 19.7. The van der Waals surface area contributed by atoms with Gasteiger partial charge in [0.05, 0.1) is 16.8 Å². The Kier molecular flexibility index (Phi) is 4.88. The SMILES string of the molecule is CCOC(=O)c1ccc[nH+]c1-c1nc2ccccc2s1.[Cl-]. The van der Waals surface area contributed by atoms with Crippen LogP contribution in [-0.4, -0.2) is 17.6 Å². The fraction of sp³-hybridized carbons (Fsp3) is 0.133. The Bertz CT molecular complexity index is 740. The highest BCUT2D eigenvalue weighted by Crippen LogP contribution is 2.29. The number of halogens is 1. The minimum absolute atomic E-state index is 0. The zero-order chi connectivity index (χ0) is 13.9. The molecule has 2 heterocycles. The standard InChI is InChI=1S/C15H12N2O2S.ClH/c1-2-19-15(18)10-6-5-9-16-13(10)14-17-11-7-3-4-8-12(11)20-14;/h3-9H,2H2,1H3;1H. The van der Waals surface area contributed by atoms with Gasteiger partial charge < -0.3 is 17.1 Å². The van der Waals surface area contributed by atoms with Gasteiger partial charge in [-0.2, -0.15) is 0 Å². The number of esters is 1. The quantitative estimate of drug-likeness (QED) is 0.636. The van der Waals surface area contributed by atoms with Crippen LogP contribution in [0.1, 0.15) is 17.3 Å². The number of nitrogens with zero attached hydrogens (tertiary/aromatic N) is 1. The normalized spacial score (nSPS) is 10.1. The number of hydrogen-bond acceptors (Lipinski definition) is 4. The van der Waals surface area contributed by atoms with E-state index in [1.807, 2.05) is 24.3 Å². The molecule has 108 valence electrons. The minimum atomic E-state index is -0.335. The molecular weight excluding hydrogens is 308 g/mol. The number of ether oxygens (including phenoxy) is 1. The lowest BCUT2D eigenvalue weighted by molar-refractivity contribution is -0.364. The molecule has 0 spiro atoms. The van der Waals surface area contributed by atoms with Crippen molar-refractivity contribution in [2.45, 2.75) is 6.92 Å². The van der Waals surface area contributed by atoms with Crippen molar-refractivity contribution in [1.82, 2.24) is 4.98 Å². The van der Waals surface area contributed by atoms with Gasteiger partial charge in [0, 0.05) is 6.07 Å². The van der Waals surface area contributed by atoms with Gasteiger partial charge in [0.25, 0.3) is 5.69 Å². The number of fused-ring (bicyclic) bond motifs is 1. The maximum absolute atomic E-state index is 12.0. The molecule has 0 radical (unpaired) electrons. The first-order chi connectivity index (χ1) is 9.79. The van der Waals surface area contributed by atoms with Crippen LogP contribution in [0.2, 0.25) is 0 Å². The van der Waals surface area contributed by atoms with Gasteiger partial charge >= 0.3 is 5.97 Å². The summed E-state index contributed by atoms with van der Waals surface area (Å²) < 4.78 is 6.17. The molecule has 0 bridgehead atoms. The number of carbonyl (C=O) groups is 1. The van der Waals surface area contributed by atoms with Gasteiger partial charge in [-0.05, 0) is 25.1 Å². The van der Waals surface area contributed by atoms with Crippen LogP contribution in [0, 0.1) is 0 Å². The van der Waals surface area contributed by atoms with E-state index in [-0.39, 0.29) is 18.4 Å². The molecule has 0 unspecified atom stereocenters. The van der Waals surface area contributed by atoms with E-state index >= 15 is 0 Å². The predicted octanol–water partition coefficient (Wildman–Crippen LogP) is -0.0419. The van der Waals surface area contributed by atoms with Gasteiger partial charge in [-0.15, -0.1) is 11.3 Å². The van der Waals surface area contributed by atoms with E-state index in [1.54, 1.807) is 36.6 Å². The van der Waals surface area contributed by atoms with Crippen LogP contribution in [0.4, 0.5) is 0 Å². The number of nitrogens with one attached hydrogen (secondary N) is 1.